The lowest BCUT2D eigenvalue weighted by molar-refractivity contribution is 0.102. The summed E-state index contributed by atoms with van der Waals surface area (Å²) in [5.74, 6) is 0.606. The lowest BCUT2D eigenvalue weighted by Crippen LogP contribution is -2.11. The minimum absolute atomic E-state index is 0.172. The fourth-order valence-electron chi connectivity index (χ4n) is 2.37. The molecule has 0 saturated carbocycles. The van der Waals surface area contributed by atoms with Gasteiger partial charge in [-0.25, -0.2) is 0 Å². The van der Waals surface area contributed by atoms with Gasteiger partial charge in [0.05, 0.1) is 6.61 Å². The van der Waals surface area contributed by atoms with E-state index in [9.17, 15) is 4.79 Å². The number of ether oxygens (including phenoxy) is 1. The van der Waals surface area contributed by atoms with Crippen LogP contribution in [0.5, 0.6) is 5.75 Å². The van der Waals surface area contributed by atoms with Crippen LogP contribution in [0.1, 0.15) is 15.9 Å². The number of halogens is 1. The van der Waals surface area contributed by atoms with Gasteiger partial charge in [-0.3, -0.25) is 4.79 Å². The normalized spacial score (nSPS) is 10.3. The Balaban J connectivity index is 1.51. The number of benzene rings is 3. The van der Waals surface area contributed by atoms with Crippen LogP contribution in [0.3, 0.4) is 0 Å². The third kappa shape index (κ3) is 5.10. The van der Waals surface area contributed by atoms with Crippen molar-refractivity contribution < 1.29 is 9.53 Å². The van der Waals surface area contributed by atoms with E-state index in [0.29, 0.717) is 17.2 Å². The van der Waals surface area contributed by atoms with Crippen LogP contribution < -0.4 is 10.1 Å². The first-order chi connectivity index (χ1) is 12.2. The Bertz CT molecular complexity index is 815. The number of anilines is 1. The molecule has 3 aromatic rings. The second-order valence-electron chi connectivity index (χ2n) is 5.57. The Kier molecular flexibility index (Phi) is 5.70. The van der Waals surface area contributed by atoms with Crippen LogP contribution in [0.25, 0.3) is 0 Å². The monoisotopic (exact) mass is 351 g/mol. The van der Waals surface area contributed by atoms with E-state index in [4.69, 9.17) is 16.3 Å². The third-order valence-electron chi connectivity index (χ3n) is 3.72. The van der Waals surface area contributed by atoms with Crippen LogP contribution in [0, 0.1) is 0 Å². The van der Waals surface area contributed by atoms with Crippen molar-refractivity contribution in [2.24, 2.45) is 0 Å². The van der Waals surface area contributed by atoms with Crippen molar-refractivity contribution in [3.8, 4) is 5.75 Å². The summed E-state index contributed by atoms with van der Waals surface area (Å²) >= 11 is 5.83. The van der Waals surface area contributed by atoms with Gasteiger partial charge >= 0.3 is 0 Å². The van der Waals surface area contributed by atoms with E-state index >= 15 is 0 Å². The molecule has 0 aliphatic heterocycles. The summed E-state index contributed by atoms with van der Waals surface area (Å²) in [6.45, 7) is 0.612. The lowest BCUT2D eigenvalue weighted by atomic mass is 10.2. The highest BCUT2D eigenvalue weighted by molar-refractivity contribution is 6.30. The maximum atomic E-state index is 12.2. The average molecular weight is 352 g/mol. The first-order valence-electron chi connectivity index (χ1n) is 8.04. The molecule has 0 unspecified atom stereocenters. The highest BCUT2D eigenvalue weighted by Gasteiger charge is 2.06. The molecule has 0 fully saturated rings. The smallest absolute Gasteiger partial charge is 0.255 e. The number of hydrogen-bond donors (Lipinski definition) is 1. The predicted octanol–water partition coefficient (Wildman–Crippen LogP) is 5.21. The first kappa shape index (κ1) is 17.1. The van der Waals surface area contributed by atoms with E-state index in [1.807, 2.05) is 42.5 Å². The zero-order valence-electron chi connectivity index (χ0n) is 13.6. The average Bonchev–Trinajstić information content (AvgIpc) is 2.64. The Labute approximate surface area is 152 Å². The Morgan fingerprint density at radius 2 is 1.56 bits per heavy atom. The van der Waals surface area contributed by atoms with Gasteiger partial charge in [0.15, 0.2) is 0 Å². The Morgan fingerprint density at radius 1 is 0.880 bits per heavy atom. The highest BCUT2D eigenvalue weighted by atomic mass is 35.5. The van der Waals surface area contributed by atoms with Crippen LogP contribution >= 0.6 is 11.6 Å². The summed E-state index contributed by atoms with van der Waals surface area (Å²) in [5, 5.41) is 3.45. The SMILES string of the molecule is O=C(Nc1ccc(OCCc2ccccc2)cc1)c1ccc(Cl)cc1. The number of rotatable bonds is 6. The first-order valence-corrected chi connectivity index (χ1v) is 8.42. The zero-order valence-corrected chi connectivity index (χ0v) is 14.4. The zero-order chi connectivity index (χ0) is 17.5. The summed E-state index contributed by atoms with van der Waals surface area (Å²) in [6.07, 6.45) is 0.857. The van der Waals surface area contributed by atoms with E-state index in [0.717, 1.165) is 17.9 Å². The molecule has 3 rings (SSSR count). The maximum Gasteiger partial charge on any atom is 0.255 e. The van der Waals surface area contributed by atoms with Crippen molar-refractivity contribution in [2.45, 2.75) is 6.42 Å². The summed E-state index contributed by atoms with van der Waals surface area (Å²) < 4.78 is 5.74. The summed E-state index contributed by atoms with van der Waals surface area (Å²) in [4.78, 5) is 12.2. The minimum atomic E-state index is -0.172. The molecule has 0 spiro atoms. The van der Waals surface area contributed by atoms with Crippen molar-refractivity contribution in [3.63, 3.8) is 0 Å². The molecule has 0 aliphatic carbocycles. The molecule has 1 amide bonds. The van der Waals surface area contributed by atoms with E-state index in [1.165, 1.54) is 5.56 Å². The number of hydrogen-bond acceptors (Lipinski definition) is 2. The third-order valence-corrected chi connectivity index (χ3v) is 3.97. The lowest BCUT2D eigenvalue weighted by Gasteiger charge is -2.09. The van der Waals surface area contributed by atoms with Gasteiger partial charge in [0.25, 0.3) is 5.91 Å². The molecule has 1 N–H and O–H groups in total. The summed E-state index contributed by atoms with van der Waals surface area (Å²) in [6, 6.07) is 24.3. The van der Waals surface area contributed by atoms with Gasteiger partial charge < -0.3 is 10.1 Å². The molecule has 0 heterocycles. The molecule has 0 aromatic heterocycles. The number of amides is 1. The molecule has 126 valence electrons. The van der Waals surface area contributed by atoms with Gasteiger partial charge in [-0.1, -0.05) is 41.9 Å². The molecular weight excluding hydrogens is 334 g/mol. The van der Waals surface area contributed by atoms with Crippen molar-refractivity contribution in [1.29, 1.82) is 0 Å². The second kappa shape index (κ2) is 8.36. The molecule has 0 radical (unpaired) electrons. The van der Waals surface area contributed by atoms with Gasteiger partial charge in [0.1, 0.15) is 5.75 Å². The minimum Gasteiger partial charge on any atom is -0.493 e. The molecular formula is C21H18ClNO2. The molecule has 0 bridgehead atoms. The molecule has 25 heavy (non-hydrogen) atoms. The molecule has 4 heteroatoms. The van der Waals surface area contributed by atoms with Crippen LogP contribution in [0.4, 0.5) is 5.69 Å². The van der Waals surface area contributed by atoms with Gasteiger partial charge in [-0.15, -0.1) is 0 Å². The quantitative estimate of drug-likeness (QED) is 0.661. The topological polar surface area (TPSA) is 38.3 Å². The van der Waals surface area contributed by atoms with Crippen LogP contribution in [-0.4, -0.2) is 12.5 Å². The van der Waals surface area contributed by atoms with Crippen molar-refractivity contribution in [3.05, 3.63) is 95.0 Å². The van der Waals surface area contributed by atoms with Crippen molar-refractivity contribution in [1.82, 2.24) is 0 Å². The highest BCUT2D eigenvalue weighted by Crippen LogP contribution is 2.17. The van der Waals surface area contributed by atoms with Crippen LogP contribution in [-0.2, 0) is 6.42 Å². The number of carbonyl (C=O) groups excluding carboxylic acids is 1. The summed E-state index contributed by atoms with van der Waals surface area (Å²) in [5.41, 5.74) is 2.53. The largest absolute Gasteiger partial charge is 0.493 e. The Hall–Kier alpha value is -2.78. The van der Waals surface area contributed by atoms with E-state index in [2.05, 4.69) is 17.4 Å². The summed E-state index contributed by atoms with van der Waals surface area (Å²) in [7, 11) is 0. The number of nitrogens with one attached hydrogen (secondary N) is 1. The van der Waals surface area contributed by atoms with Gasteiger partial charge in [-0.2, -0.15) is 0 Å². The van der Waals surface area contributed by atoms with Gasteiger partial charge in [0.2, 0.25) is 0 Å². The molecule has 0 atom stereocenters. The predicted molar refractivity (Wildman–Crippen MR) is 101 cm³/mol. The number of carbonyl (C=O) groups is 1. The second-order valence-corrected chi connectivity index (χ2v) is 6.01. The fraction of sp³-hybridized carbons (Fsp3) is 0.0952. The van der Waals surface area contributed by atoms with Gasteiger partial charge in [-0.05, 0) is 54.1 Å². The maximum absolute atomic E-state index is 12.2. The fourth-order valence-corrected chi connectivity index (χ4v) is 2.50. The van der Waals surface area contributed by atoms with E-state index in [-0.39, 0.29) is 5.91 Å². The standard InChI is InChI=1S/C21H18ClNO2/c22-18-8-6-17(7-9-18)21(24)23-19-10-12-20(13-11-19)25-15-14-16-4-2-1-3-5-16/h1-13H,14-15H2,(H,23,24). The van der Waals surface area contributed by atoms with Crippen molar-refractivity contribution >= 4 is 23.2 Å². The molecule has 3 aromatic carbocycles. The molecule has 0 aliphatic rings. The molecule has 0 saturated heterocycles. The van der Waals surface area contributed by atoms with E-state index < -0.39 is 0 Å². The van der Waals surface area contributed by atoms with Crippen LogP contribution in [0.2, 0.25) is 5.02 Å². The molecule has 3 nitrogen and oxygen atoms in total. The van der Waals surface area contributed by atoms with Crippen LogP contribution in [0.15, 0.2) is 78.9 Å². The van der Waals surface area contributed by atoms with E-state index in [1.54, 1.807) is 24.3 Å². The van der Waals surface area contributed by atoms with Crippen molar-refractivity contribution in [2.75, 3.05) is 11.9 Å². The Morgan fingerprint density at radius 3 is 2.24 bits per heavy atom. The van der Waals surface area contributed by atoms with Gasteiger partial charge in [0, 0.05) is 22.7 Å².